The molecule has 1 aromatic rings. The van der Waals surface area contributed by atoms with E-state index in [0.717, 1.165) is 5.56 Å². The first-order valence-corrected chi connectivity index (χ1v) is 6.60. The SMILES string of the molecule is COCC(C)(NC(=O)CCc1ccccc1Cl)C(N)=O. The van der Waals surface area contributed by atoms with Gasteiger partial charge in [-0.05, 0) is 25.0 Å². The van der Waals surface area contributed by atoms with Crippen LogP contribution in [0.4, 0.5) is 0 Å². The monoisotopic (exact) mass is 298 g/mol. The number of halogens is 1. The van der Waals surface area contributed by atoms with E-state index in [2.05, 4.69) is 5.32 Å². The van der Waals surface area contributed by atoms with Crippen LogP contribution in [0.2, 0.25) is 5.02 Å². The molecular formula is C14H19ClN2O3. The fourth-order valence-electron chi connectivity index (χ4n) is 1.78. The van der Waals surface area contributed by atoms with Crippen molar-refractivity contribution in [2.75, 3.05) is 13.7 Å². The van der Waals surface area contributed by atoms with Crippen molar-refractivity contribution in [3.05, 3.63) is 34.9 Å². The molecule has 0 saturated carbocycles. The second-order valence-corrected chi connectivity index (χ2v) is 5.18. The third kappa shape index (κ3) is 4.51. The number of benzene rings is 1. The highest BCUT2D eigenvalue weighted by Crippen LogP contribution is 2.16. The molecule has 0 aliphatic rings. The smallest absolute Gasteiger partial charge is 0.245 e. The molecule has 0 aliphatic heterocycles. The summed E-state index contributed by atoms with van der Waals surface area (Å²) in [4.78, 5) is 23.3. The Morgan fingerprint density at radius 1 is 1.40 bits per heavy atom. The Kier molecular flexibility index (Phi) is 5.98. The predicted octanol–water partition coefficient (Wildman–Crippen LogP) is 1.28. The molecule has 2 amide bonds. The average molecular weight is 299 g/mol. The van der Waals surface area contributed by atoms with Crippen LogP contribution in [0.1, 0.15) is 18.9 Å². The summed E-state index contributed by atoms with van der Waals surface area (Å²) in [5, 5.41) is 3.22. The van der Waals surface area contributed by atoms with Gasteiger partial charge in [0.15, 0.2) is 0 Å². The molecule has 1 rings (SSSR count). The Hall–Kier alpha value is -1.59. The highest BCUT2D eigenvalue weighted by molar-refractivity contribution is 6.31. The Bertz CT molecular complexity index is 493. The summed E-state index contributed by atoms with van der Waals surface area (Å²) in [6, 6.07) is 7.32. The third-order valence-electron chi connectivity index (χ3n) is 2.97. The molecule has 0 fully saturated rings. The fraction of sp³-hybridized carbons (Fsp3) is 0.429. The quantitative estimate of drug-likeness (QED) is 0.795. The van der Waals surface area contributed by atoms with Crippen molar-refractivity contribution in [3.8, 4) is 0 Å². The third-order valence-corrected chi connectivity index (χ3v) is 3.34. The lowest BCUT2D eigenvalue weighted by molar-refractivity contribution is -0.133. The van der Waals surface area contributed by atoms with Gasteiger partial charge >= 0.3 is 0 Å². The van der Waals surface area contributed by atoms with Crippen LogP contribution >= 0.6 is 11.6 Å². The van der Waals surface area contributed by atoms with E-state index >= 15 is 0 Å². The van der Waals surface area contributed by atoms with Gasteiger partial charge < -0.3 is 15.8 Å². The van der Waals surface area contributed by atoms with Crippen LogP contribution in [0.25, 0.3) is 0 Å². The van der Waals surface area contributed by atoms with E-state index < -0.39 is 11.4 Å². The molecule has 0 spiro atoms. The minimum absolute atomic E-state index is 0.0279. The van der Waals surface area contributed by atoms with Crippen molar-refractivity contribution in [3.63, 3.8) is 0 Å². The van der Waals surface area contributed by atoms with Crippen LogP contribution in [0.15, 0.2) is 24.3 Å². The second-order valence-electron chi connectivity index (χ2n) is 4.77. The number of nitrogens with two attached hydrogens (primary N) is 1. The topological polar surface area (TPSA) is 81.4 Å². The van der Waals surface area contributed by atoms with Crippen LogP contribution < -0.4 is 11.1 Å². The van der Waals surface area contributed by atoms with Gasteiger partial charge in [0.2, 0.25) is 11.8 Å². The van der Waals surface area contributed by atoms with E-state index in [1.807, 2.05) is 18.2 Å². The zero-order valence-corrected chi connectivity index (χ0v) is 12.4. The molecule has 5 nitrogen and oxygen atoms in total. The van der Waals surface area contributed by atoms with E-state index in [9.17, 15) is 9.59 Å². The molecule has 0 aromatic heterocycles. The molecule has 3 N–H and O–H groups in total. The minimum Gasteiger partial charge on any atom is -0.382 e. The Morgan fingerprint density at radius 2 is 2.05 bits per heavy atom. The summed E-state index contributed by atoms with van der Waals surface area (Å²) in [6.45, 7) is 1.56. The number of carbonyl (C=O) groups is 2. The number of carbonyl (C=O) groups excluding carboxylic acids is 2. The molecule has 0 saturated heterocycles. The van der Waals surface area contributed by atoms with E-state index in [4.69, 9.17) is 22.1 Å². The zero-order valence-electron chi connectivity index (χ0n) is 11.6. The summed E-state index contributed by atoms with van der Waals surface area (Å²) in [7, 11) is 1.44. The molecular weight excluding hydrogens is 280 g/mol. The van der Waals surface area contributed by atoms with Crippen molar-refractivity contribution < 1.29 is 14.3 Å². The van der Waals surface area contributed by atoms with Gasteiger partial charge in [0.1, 0.15) is 5.54 Å². The van der Waals surface area contributed by atoms with Crippen molar-refractivity contribution in [1.29, 1.82) is 0 Å². The van der Waals surface area contributed by atoms with Crippen molar-refractivity contribution in [2.24, 2.45) is 5.73 Å². The lowest BCUT2D eigenvalue weighted by Gasteiger charge is -2.26. The number of aryl methyl sites for hydroxylation is 1. The first-order chi connectivity index (χ1) is 9.39. The molecule has 1 aromatic carbocycles. The lowest BCUT2D eigenvalue weighted by atomic mass is 10.0. The van der Waals surface area contributed by atoms with Gasteiger partial charge in [0, 0.05) is 18.6 Å². The largest absolute Gasteiger partial charge is 0.382 e. The Morgan fingerprint density at radius 3 is 2.60 bits per heavy atom. The van der Waals surface area contributed by atoms with Gasteiger partial charge in [-0.25, -0.2) is 0 Å². The van der Waals surface area contributed by atoms with Crippen LogP contribution in [-0.4, -0.2) is 31.1 Å². The van der Waals surface area contributed by atoms with Crippen LogP contribution in [0.3, 0.4) is 0 Å². The first kappa shape index (κ1) is 16.5. The molecule has 1 unspecified atom stereocenters. The van der Waals surface area contributed by atoms with Crippen LogP contribution in [0.5, 0.6) is 0 Å². The summed E-state index contributed by atoms with van der Waals surface area (Å²) in [5.41, 5.74) is 4.97. The van der Waals surface area contributed by atoms with Gasteiger partial charge in [-0.2, -0.15) is 0 Å². The standard InChI is InChI=1S/C14H19ClN2O3/c1-14(9-20-2,13(16)19)17-12(18)8-7-10-5-3-4-6-11(10)15/h3-6H,7-9H2,1-2H3,(H2,16,19)(H,17,18). The van der Waals surface area contributed by atoms with Crippen LogP contribution in [-0.2, 0) is 20.7 Å². The summed E-state index contributed by atoms with van der Waals surface area (Å²) < 4.78 is 4.91. The van der Waals surface area contributed by atoms with Gasteiger partial charge in [-0.1, -0.05) is 29.8 Å². The number of ether oxygens (including phenoxy) is 1. The maximum atomic E-state index is 11.9. The number of rotatable bonds is 7. The average Bonchev–Trinajstić information content (AvgIpc) is 2.38. The molecule has 110 valence electrons. The number of primary amides is 1. The second kappa shape index (κ2) is 7.26. The number of amides is 2. The van der Waals surface area contributed by atoms with Crippen molar-refractivity contribution in [2.45, 2.75) is 25.3 Å². The lowest BCUT2D eigenvalue weighted by Crippen LogP contribution is -2.58. The normalized spacial score (nSPS) is 13.6. The van der Waals surface area contributed by atoms with Crippen LogP contribution in [0, 0.1) is 0 Å². The highest BCUT2D eigenvalue weighted by Gasteiger charge is 2.32. The van der Waals surface area contributed by atoms with Gasteiger partial charge in [-0.3, -0.25) is 9.59 Å². The molecule has 0 radical (unpaired) electrons. The number of hydrogen-bond acceptors (Lipinski definition) is 3. The molecule has 0 heterocycles. The minimum atomic E-state index is -1.20. The molecule has 20 heavy (non-hydrogen) atoms. The fourth-order valence-corrected chi connectivity index (χ4v) is 2.01. The Labute approximate surface area is 123 Å². The molecule has 6 heteroatoms. The predicted molar refractivity (Wildman–Crippen MR) is 77.4 cm³/mol. The van der Waals surface area contributed by atoms with Gasteiger partial charge in [-0.15, -0.1) is 0 Å². The first-order valence-electron chi connectivity index (χ1n) is 6.22. The molecule has 0 aliphatic carbocycles. The van der Waals surface area contributed by atoms with Gasteiger partial charge in [0.05, 0.1) is 6.61 Å². The molecule has 0 bridgehead atoms. The summed E-state index contributed by atoms with van der Waals surface area (Å²) in [5.74, 6) is -0.909. The number of hydrogen-bond donors (Lipinski definition) is 2. The van der Waals surface area contributed by atoms with Crippen molar-refractivity contribution in [1.82, 2.24) is 5.32 Å². The number of methoxy groups -OCH3 is 1. The van der Waals surface area contributed by atoms with E-state index in [-0.39, 0.29) is 18.9 Å². The number of nitrogens with one attached hydrogen (secondary N) is 1. The Balaban J connectivity index is 2.59. The maximum absolute atomic E-state index is 11.9. The van der Waals surface area contributed by atoms with E-state index in [1.54, 1.807) is 6.07 Å². The summed E-state index contributed by atoms with van der Waals surface area (Å²) in [6.07, 6.45) is 0.712. The maximum Gasteiger partial charge on any atom is 0.245 e. The van der Waals surface area contributed by atoms with Gasteiger partial charge in [0.25, 0.3) is 0 Å². The highest BCUT2D eigenvalue weighted by atomic mass is 35.5. The zero-order chi connectivity index (χ0) is 15.2. The summed E-state index contributed by atoms with van der Waals surface area (Å²) >= 11 is 6.02. The van der Waals surface area contributed by atoms with E-state index in [1.165, 1.54) is 14.0 Å². The molecule has 1 atom stereocenters. The van der Waals surface area contributed by atoms with Crippen molar-refractivity contribution >= 4 is 23.4 Å². The van der Waals surface area contributed by atoms with E-state index in [0.29, 0.717) is 11.4 Å².